The Labute approximate surface area is 124 Å². The fourth-order valence-corrected chi connectivity index (χ4v) is 4.26. The van der Waals surface area contributed by atoms with E-state index < -0.39 is 0 Å². The Bertz CT molecular complexity index is 287. The topological polar surface area (TPSA) is 35.5 Å². The minimum absolute atomic E-state index is 0.361. The summed E-state index contributed by atoms with van der Waals surface area (Å²) in [6.07, 6.45) is 12.1. The largest absolute Gasteiger partial charge is 0.396 e. The van der Waals surface area contributed by atoms with E-state index in [0.717, 1.165) is 24.3 Å². The fourth-order valence-electron chi connectivity index (χ4n) is 4.26. The van der Waals surface area contributed by atoms with Crippen molar-refractivity contribution in [1.82, 2.24) is 10.2 Å². The van der Waals surface area contributed by atoms with Crippen LogP contribution in [-0.4, -0.2) is 48.3 Å². The number of rotatable bonds is 7. The van der Waals surface area contributed by atoms with Gasteiger partial charge in [0.1, 0.15) is 0 Å². The number of piperidine rings is 1. The van der Waals surface area contributed by atoms with E-state index in [9.17, 15) is 0 Å². The maximum atomic E-state index is 9.07. The second-order valence-electron chi connectivity index (χ2n) is 7.41. The van der Waals surface area contributed by atoms with Gasteiger partial charge in [0.2, 0.25) is 0 Å². The van der Waals surface area contributed by atoms with Gasteiger partial charge in [-0.05, 0) is 63.3 Å². The molecular formula is C17H32N2O. The van der Waals surface area contributed by atoms with Gasteiger partial charge in [0.05, 0.1) is 0 Å². The molecule has 0 aromatic rings. The van der Waals surface area contributed by atoms with Gasteiger partial charge in [-0.1, -0.05) is 12.8 Å². The summed E-state index contributed by atoms with van der Waals surface area (Å²) in [6, 6.07) is 1.59. The second-order valence-corrected chi connectivity index (χ2v) is 7.41. The third-order valence-electron chi connectivity index (χ3n) is 5.57. The lowest BCUT2D eigenvalue weighted by Crippen LogP contribution is -2.50. The Morgan fingerprint density at radius 2 is 1.80 bits per heavy atom. The predicted octanol–water partition coefficient (Wildman–Crippen LogP) is 2.39. The zero-order chi connectivity index (χ0) is 13.8. The summed E-state index contributed by atoms with van der Waals surface area (Å²) >= 11 is 0. The van der Waals surface area contributed by atoms with E-state index in [1.807, 2.05) is 0 Å². The third-order valence-corrected chi connectivity index (χ3v) is 5.57. The van der Waals surface area contributed by atoms with E-state index in [-0.39, 0.29) is 0 Å². The molecule has 2 N–H and O–H groups in total. The number of hydrogen-bond acceptors (Lipinski definition) is 3. The average molecular weight is 280 g/mol. The molecule has 3 aliphatic rings. The molecular weight excluding hydrogens is 248 g/mol. The Balaban J connectivity index is 1.46. The number of aliphatic hydroxyl groups is 1. The van der Waals surface area contributed by atoms with E-state index in [2.05, 4.69) is 10.2 Å². The SMILES string of the molecule is OCCCC1CC(NCC2CCCC2)CN(C2CC2)C1. The molecule has 3 heteroatoms. The Morgan fingerprint density at radius 3 is 2.50 bits per heavy atom. The van der Waals surface area contributed by atoms with Crippen LogP contribution in [0.3, 0.4) is 0 Å². The van der Waals surface area contributed by atoms with Crippen molar-refractivity contribution in [3.63, 3.8) is 0 Å². The van der Waals surface area contributed by atoms with Crippen molar-refractivity contribution in [3.8, 4) is 0 Å². The molecule has 0 amide bonds. The molecule has 0 spiro atoms. The molecule has 0 aromatic carbocycles. The van der Waals surface area contributed by atoms with E-state index >= 15 is 0 Å². The molecule has 2 saturated carbocycles. The van der Waals surface area contributed by atoms with Crippen molar-refractivity contribution in [2.75, 3.05) is 26.2 Å². The van der Waals surface area contributed by atoms with Gasteiger partial charge in [0, 0.05) is 31.8 Å². The van der Waals surface area contributed by atoms with E-state index in [4.69, 9.17) is 5.11 Å². The summed E-state index contributed by atoms with van der Waals surface area (Å²) in [6.45, 7) is 4.16. The van der Waals surface area contributed by atoms with Crippen LogP contribution in [0.4, 0.5) is 0 Å². The van der Waals surface area contributed by atoms with Crippen molar-refractivity contribution in [3.05, 3.63) is 0 Å². The van der Waals surface area contributed by atoms with Gasteiger partial charge >= 0.3 is 0 Å². The smallest absolute Gasteiger partial charge is 0.0431 e. The maximum absolute atomic E-state index is 9.07. The van der Waals surface area contributed by atoms with Crippen LogP contribution in [0, 0.1) is 11.8 Å². The average Bonchev–Trinajstić information content (AvgIpc) is 3.20. The summed E-state index contributed by atoms with van der Waals surface area (Å²) < 4.78 is 0. The molecule has 2 atom stereocenters. The molecule has 1 heterocycles. The molecule has 20 heavy (non-hydrogen) atoms. The molecule has 0 aromatic heterocycles. The Kier molecular flexibility index (Phi) is 5.36. The first-order valence-electron chi connectivity index (χ1n) is 8.93. The van der Waals surface area contributed by atoms with Crippen LogP contribution in [0.1, 0.15) is 57.8 Å². The minimum Gasteiger partial charge on any atom is -0.396 e. The normalized spacial score (nSPS) is 32.9. The maximum Gasteiger partial charge on any atom is 0.0431 e. The van der Waals surface area contributed by atoms with Crippen molar-refractivity contribution in [2.24, 2.45) is 11.8 Å². The van der Waals surface area contributed by atoms with Crippen LogP contribution in [0.25, 0.3) is 0 Å². The summed E-state index contributed by atoms with van der Waals surface area (Å²) in [4.78, 5) is 2.73. The van der Waals surface area contributed by atoms with Crippen molar-refractivity contribution in [2.45, 2.75) is 69.9 Å². The fraction of sp³-hybridized carbons (Fsp3) is 1.00. The highest BCUT2D eigenvalue weighted by atomic mass is 16.2. The molecule has 3 rings (SSSR count). The zero-order valence-electron chi connectivity index (χ0n) is 12.9. The molecule has 3 fully saturated rings. The molecule has 2 aliphatic carbocycles. The Hall–Kier alpha value is -0.120. The first-order valence-corrected chi connectivity index (χ1v) is 8.93. The molecule has 0 bridgehead atoms. The molecule has 116 valence electrons. The molecule has 0 radical (unpaired) electrons. The standard InChI is InChI=1S/C17H32N2O/c20-9-3-6-15-10-16(13-19(12-15)17-7-8-17)18-11-14-4-1-2-5-14/h14-18,20H,1-13H2. The van der Waals surface area contributed by atoms with Gasteiger partial charge in [0.25, 0.3) is 0 Å². The predicted molar refractivity (Wildman–Crippen MR) is 82.8 cm³/mol. The van der Waals surface area contributed by atoms with Crippen LogP contribution in [0.2, 0.25) is 0 Å². The number of nitrogens with one attached hydrogen (secondary N) is 1. The van der Waals surface area contributed by atoms with Gasteiger partial charge in [-0.2, -0.15) is 0 Å². The van der Waals surface area contributed by atoms with Crippen LogP contribution in [-0.2, 0) is 0 Å². The van der Waals surface area contributed by atoms with Crippen molar-refractivity contribution < 1.29 is 5.11 Å². The number of hydrogen-bond donors (Lipinski definition) is 2. The number of nitrogens with zero attached hydrogens (tertiary/aromatic N) is 1. The molecule has 1 saturated heterocycles. The van der Waals surface area contributed by atoms with E-state index in [1.54, 1.807) is 0 Å². The second kappa shape index (κ2) is 7.24. The summed E-state index contributed by atoms with van der Waals surface area (Å²) in [7, 11) is 0. The summed E-state index contributed by atoms with van der Waals surface area (Å²) in [5, 5.41) is 12.9. The zero-order valence-corrected chi connectivity index (χ0v) is 12.9. The lowest BCUT2D eigenvalue weighted by atomic mass is 9.90. The van der Waals surface area contributed by atoms with Crippen molar-refractivity contribution >= 4 is 0 Å². The summed E-state index contributed by atoms with van der Waals surface area (Å²) in [5.74, 6) is 1.75. The first-order chi connectivity index (χ1) is 9.85. The summed E-state index contributed by atoms with van der Waals surface area (Å²) in [5.41, 5.74) is 0. The lowest BCUT2D eigenvalue weighted by molar-refractivity contribution is 0.121. The lowest BCUT2D eigenvalue weighted by Gasteiger charge is -2.39. The highest BCUT2D eigenvalue weighted by molar-refractivity contribution is 4.92. The van der Waals surface area contributed by atoms with Crippen LogP contribution in [0.5, 0.6) is 0 Å². The van der Waals surface area contributed by atoms with Crippen LogP contribution >= 0.6 is 0 Å². The number of aliphatic hydroxyl groups excluding tert-OH is 1. The monoisotopic (exact) mass is 280 g/mol. The Morgan fingerprint density at radius 1 is 1.00 bits per heavy atom. The van der Waals surface area contributed by atoms with Gasteiger partial charge in [0.15, 0.2) is 0 Å². The van der Waals surface area contributed by atoms with Gasteiger partial charge in [-0.25, -0.2) is 0 Å². The highest BCUT2D eigenvalue weighted by Crippen LogP contribution is 2.32. The van der Waals surface area contributed by atoms with E-state index in [1.165, 1.54) is 71.0 Å². The van der Waals surface area contributed by atoms with Gasteiger partial charge in [-0.3, -0.25) is 4.90 Å². The molecule has 3 nitrogen and oxygen atoms in total. The third kappa shape index (κ3) is 4.19. The van der Waals surface area contributed by atoms with Crippen molar-refractivity contribution in [1.29, 1.82) is 0 Å². The van der Waals surface area contributed by atoms with Gasteiger partial charge < -0.3 is 10.4 Å². The van der Waals surface area contributed by atoms with Crippen LogP contribution < -0.4 is 5.32 Å². The molecule has 1 aliphatic heterocycles. The minimum atomic E-state index is 0.361. The quantitative estimate of drug-likeness (QED) is 0.751. The highest BCUT2D eigenvalue weighted by Gasteiger charge is 2.35. The first kappa shape index (κ1) is 14.8. The van der Waals surface area contributed by atoms with Gasteiger partial charge in [-0.15, -0.1) is 0 Å². The van der Waals surface area contributed by atoms with E-state index in [0.29, 0.717) is 12.6 Å². The molecule has 2 unspecified atom stereocenters. The number of likely N-dealkylation sites (tertiary alicyclic amines) is 1. The van der Waals surface area contributed by atoms with Crippen LogP contribution in [0.15, 0.2) is 0 Å².